The second-order valence-corrected chi connectivity index (χ2v) is 2.19. The number of rotatable bonds is 2. The zero-order valence-electron chi connectivity index (χ0n) is 5.86. The molecular weight excluding hydrogens is 112 g/mol. The number of aryl methyl sites for hydroxylation is 1. The number of aromatic nitrogens is 1. The zero-order chi connectivity index (χ0) is 6.69. The summed E-state index contributed by atoms with van der Waals surface area (Å²) in [5.74, 6) is 0. The average Bonchev–Trinajstić information content (AvgIpc) is 2.18. The molecule has 0 saturated carbocycles. The maximum atomic E-state index is 3.09. The van der Waals surface area contributed by atoms with Crippen LogP contribution in [-0.4, -0.2) is 12.0 Å². The Morgan fingerprint density at radius 1 is 1.56 bits per heavy atom. The number of nitrogens with one attached hydrogen (secondary N) is 2. The number of hydrogen-bond acceptors (Lipinski definition) is 1. The molecule has 2 N–H and O–H groups in total. The van der Waals surface area contributed by atoms with Crippen molar-refractivity contribution in [3.05, 3.63) is 23.5 Å². The highest BCUT2D eigenvalue weighted by Gasteiger charge is 1.93. The van der Waals surface area contributed by atoms with Crippen LogP contribution in [0.2, 0.25) is 0 Å². The number of aromatic amines is 1. The number of H-pyrrole nitrogens is 1. The molecule has 1 aromatic heterocycles. The third kappa shape index (κ3) is 1.33. The van der Waals surface area contributed by atoms with E-state index >= 15 is 0 Å². The first-order valence-corrected chi connectivity index (χ1v) is 3.11. The zero-order valence-corrected chi connectivity index (χ0v) is 5.86. The van der Waals surface area contributed by atoms with Gasteiger partial charge in [0.15, 0.2) is 0 Å². The Morgan fingerprint density at radius 3 is 2.78 bits per heavy atom. The van der Waals surface area contributed by atoms with Crippen LogP contribution in [0.15, 0.2) is 12.4 Å². The van der Waals surface area contributed by atoms with Crippen LogP contribution in [0.5, 0.6) is 0 Å². The van der Waals surface area contributed by atoms with Gasteiger partial charge in [0.1, 0.15) is 0 Å². The van der Waals surface area contributed by atoms with Crippen molar-refractivity contribution in [3.63, 3.8) is 0 Å². The van der Waals surface area contributed by atoms with Crippen LogP contribution in [-0.2, 0) is 6.54 Å². The van der Waals surface area contributed by atoms with E-state index in [0.29, 0.717) is 0 Å². The Morgan fingerprint density at radius 2 is 2.33 bits per heavy atom. The molecule has 50 valence electrons. The van der Waals surface area contributed by atoms with E-state index in [-0.39, 0.29) is 0 Å². The van der Waals surface area contributed by atoms with E-state index in [0.717, 1.165) is 6.54 Å². The van der Waals surface area contributed by atoms with Crippen molar-refractivity contribution in [1.82, 2.24) is 10.3 Å². The van der Waals surface area contributed by atoms with Crippen molar-refractivity contribution >= 4 is 0 Å². The largest absolute Gasteiger partial charge is 0.367 e. The summed E-state index contributed by atoms with van der Waals surface area (Å²) in [6.07, 6.45) is 4.03. The van der Waals surface area contributed by atoms with Gasteiger partial charge in [0, 0.05) is 18.9 Å². The van der Waals surface area contributed by atoms with Crippen LogP contribution in [0.1, 0.15) is 11.1 Å². The molecule has 0 radical (unpaired) electrons. The van der Waals surface area contributed by atoms with Crippen LogP contribution in [0, 0.1) is 6.92 Å². The van der Waals surface area contributed by atoms with E-state index in [2.05, 4.69) is 17.2 Å². The van der Waals surface area contributed by atoms with Crippen molar-refractivity contribution in [3.8, 4) is 0 Å². The van der Waals surface area contributed by atoms with E-state index in [1.807, 2.05) is 19.4 Å². The van der Waals surface area contributed by atoms with Gasteiger partial charge in [0.2, 0.25) is 0 Å². The van der Waals surface area contributed by atoms with Gasteiger partial charge in [0.25, 0.3) is 0 Å². The molecule has 1 aromatic rings. The van der Waals surface area contributed by atoms with Crippen molar-refractivity contribution in [1.29, 1.82) is 0 Å². The predicted octanol–water partition coefficient (Wildman–Crippen LogP) is 1.04. The van der Waals surface area contributed by atoms with Crippen LogP contribution in [0.4, 0.5) is 0 Å². The average molecular weight is 124 g/mol. The lowest BCUT2D eigenvalue weighted by atomic mass is 10.2. The summed E-state index contributed by atoms with van der Waals surface area (Å²) in [6, 6.07) is 0. The summed E-state index contributed by atoms with van der Waals surface area (Å²) in [6.45, 7) is 3.05. The SMILES string of the molecule is CNCc1c[nH]cc1C. The van der Waals surface area contributed by atoms with Gasteiger partial charge in [-0.2, -0.15) is 0 Å². The molecule has 2 nitrogen and oxygen atoms in total. The Kier molecular flexibility index (Phi) is 1.90. The molecule has 0 saturated heterocycles. The monoisotopic (exact) mass is 124 g/mol. The van der Waals surface area contributed by atoms with E-state index in [9.17, 15) is 0 Å². The molecule has 1 heterocycles. The van der Waals surface area contributed by atoms with Gasteiger partial charge >= 0.3 is 0 Å². The third-order valence-electron chi connectivity index (χ3n) is 1.43. The quantitative estimate of drug-likeness (QED) is 0.605. The van der Waals surface area contributed by atoms with E-state index in [1.165, 1.54) is 11.1 Å². The van der Waals surface area contributed by atoms with Gasteiger partial charge in [-0.15, -0.1) is 0 Å². The predicted molar refractivity (Wildman–Crippen MR) is 38.3 cm³/mol. The van der Waals surface area contributed by atoms with Crippen LogP contribution in [0.3, 0.4) is 0 Å². The molecule has 0 amide bonds. The molecule has 0 atom stereocenters. The molecular formula is C7H12N2. The fourth-order valence-corrected chi connectivity index (χ4v) is 0.855. The van der Waals surface area contributed by atoms with Gasteiger partial charge in [-0.1, -0.05) is 0 Å². The van der Waals surface area contributed by atoms with Gasteiger partial charge in [-0.05, 0) is 25.1 Å². The fourth-order valence-electron chi connectivity index (χ4n) is 0.855. The fraction of sp³-hybridized carbons (Fsp3) is 0.429. The summed E-state index contributed by atoms with van der Waals surface area (Å²) in [5, 5.41) is 3.09. The van der Waals surface area contributed by atoms with Gasteiger partial charge in [0.05, 0.1) is 0 Å². The van der Waals surface area contributed by atoms with E-state index in [4.69, 9.17) is 0 Å². The molecule has 0 aliphatic carbocycles. The van der Waals surface area contributed by atoms with Crippen molar-refractivity contribution < 1.29 is 0 Å². The van der Waals surface area contributed by atoms with E-state index in [1.54, 1.807) is 0 Å². The second-order valence-electron chi connectivity index (χ2n) is 2.19. The molecule has 0 aliphatic heterocycles. The molecule has 0 spiro atoms. The highest BCUT2D eigenvalue weighted by atomic mass is 14.8. The first-order chi connectivity index (χ1) is 4.34. The maximum absolute atomic E-state index is 3.09. The Hall–Kier alpha value is -0.760. The summed E-state index contributed by atoms with van der Waals surface area (Å²) in [7, 11) is 1.95. The smallest absolute Gasteiger partial charge is 0.0220 e. The van der Waals surface area contributed by atoms with Crippen molar-refractivity contribution in [2.75, 3.05) is 7.05 Å². The minimum absolute atomic E-state index is 0.954. The molecule has 9 heavy (non-hydrogen) atoms. The standard InChI is InChI=1S/C7H12N2/c1-6-3-9-5-7(6)4-8-2/h3,5,8-9H,4H2,1-2H3. The van der Waals surface area contributed by atoms with E-state index < -0.39 is 0 Å². The minimum atomic E-state index is 0.954. The van der Waals surface area contributed by atoms with Gasteiger partial charge < -0.3 is 10.3 Å². The van der Waals surface area contributed by atoms with Crippen LogP contribution in [0.25, 0.3) is 0 Å². The third-order valence-corrected chi connectivity index (χ3v) is 1.43. The highest BCUT2D eigenvalue weighted by molar-refractivity contribution is 5.20. The molecule has 0 aliphatic rings. The summed E-state index contributed by atoms with van der Waals surface area (Å²) >= 11 is 0. The molecule has 2 heteroatoms. The normalized spacial score (nSPS) is 10.0. The van der Waals surface area contributed by atoms with Crippen molar-refractivity contribution in [2.24, 2.45) is 0 Å². The Bertz CT molecular complexity index is 179. The first-order valence-electron chi connectivity index (χ1n) is 3.11. The van der Waals surface area contributed by atoms with Crippen LogP contribution >= 0.6 is 0 Å². The number of hydrogen-bond donors (Lipinski definition) is 2. The highest BCUT2D eigenvalue weighted by Crippen LogP contribution is 2.03. The van der Waals surface area contributed by atoms with Crippen LogP contribution < -0.4 is 5.32 Å². The van der Waals surface area contributed by atoms with Gasteiger partial charge in [-0.25, -0.2) is 0 Å². The Balaban J connectivity index is 2.69. The summed E-state index contributed by atoms with van der Waals surface area (Å²) < 4.78 is 0. The minimum Gasteiger partial charge on any atom is -0.367 e. The second kappa shape index (κ2) is 2.69. The lowest BCUT2D eigenvalue weighted by Gasteiger charge is -1.94. The first kappa shape index (κ1) is 6.36. The van der Waals surface area contributed by atoms with Gasteiger partial charge in [-0.3, -0.25) is 0 Å². The Labute approximate surface area is 55.3 Å². The topological polar surface area (TPSA) is 27.8 Å². The molecule has 1 rings (SSSR count). The maximum Gasteiger partial charge on any atom is 0.0220 e. The lowest BCUT2D eigenvalue weighted by molar-refractivity contribution is 0.814. The van der Waals surface area contributed by atoms with Crippen molar-refractivity contribution in [2.45, 2.75) is 13.5 Å². The molecule has 0 fully saturated rings. The lowest BCUT2D eigenvalue weighted by Crippen LogP contribution is -2.04. The molecule has 0 aromatic carbocycles. The molecule has 0 bridgehead atoms. The summed E-state index contributed by atoms with van der Waals surface area (Å²) in [5.41, 5.74) is 2.67. The molecule has 0 unspecified atom stereocenters. The summed E-state index contributed by atoms with van der Waals surface area (Å²) in [4.78, 5) is 3.04.